The van der Waals surface area contributed by atoms with Gasteiger partial charge in [0.15, 0.2) is 0 Å². The van der Waals surface area contributed by atoms with Gasteiger partial charge in [-0.15, -0.1) is 0 Å². The molecule has 1 heterocycles. The summed E-state index contributed by atoms with van der Waals surface area (Å²) in [6, 6.07) is 1.90. The highest BCUT2D eigenvalue weighted by Gasteiger charge is 2.40. The van der Waals surface area contributed by atoms with E-state index >= 15 is 0 Å². The second kappa shape index (κ2) is 5.42. The summed E-state index contributed by atoms with van der Waals surface area (Å²) in [4.78, 5) is 14.5. The van der Waals surface area contributed by atoms with Crippen molar-refractivity contribution in [2.75, 3.05) is 5.32 Å². The van der Waals surface area contributed by atoms with Crippen LogP contribution in [0.3, 0.4) is 0 Å². The van der Waals surface area contributed by atoms with Crippen molar-refractivity contribution in [1.29, 1.82) is 0 Å². The van der Waals surface area contributed by atoms with Gasteiger partial charge in [-0.1, -0.05) is 0 Å². The molecule has 8 heteroatoms. The maximum Gasteiger partial charge on any atom is 0.417 e. The average molecular weight is 303 g/mol. The van der Waals surface area contributed by atoms with Gasteiger partial charge >= 0.3 is 12.3 Å². The number of alkyl halides is 3. The molecule has 0 aliphatic heterocycles. The maximum absolute atomic E-state index is 12.5. The van der Waals surface area contributed by atoms with E-state index in [-0.39, 0.29) is 6.04 Å². The normalized spacial score (nSPS) is 25.6. The fourth-order valence-corrected chi connectivity index (χ4v) is 2.62. The number of pyridine rings is 1. The number of rotatable bonds is 3. The Bertz CT molecular complexity index is 518. The lowest BCUT2D eigenvalue weighted by molar-refractivity contribution is -0.137. The lowest BCUT2D eigenvalue weighted by atomic mass is 9.95. The summed E-state index contributed by atoms with van der Waals surface area (Å²) in [6.45, 7) is 1.83. The second-order valence-corrected chi connectivity index (χ2v) is 5.37. The minimum Gasteiger partial charge on any atom is -0.465 e. The van der Waals surface area contributed by atoms with Crippen LogP contribution in [-0.2, 0) is 6.18 Å². The van der Waals surface area contributed by atoms with Crippen molar-refractivity contribution in [2.45, 2.75) is 43.9 Å². The summed E-state index contributed by atoms with van der Waals surface area (Å²) in [5.41, 5.74) is -1.38. The fourth-order valence-electron chi connectivity index (χ4n) is 2.62. The third kappa shape index (κ3) is 3.56. The number of nitrogens with zero attached hydrogens (tertiary/aromatic N) is 1. The molecule has 2 rings (SSSR count). The molecule has 0 aromatic carbocycles. The van der Waals surface area contributed by atoms with Gasteiger partial charge in [0.1, 0.15) is 5.82 Å². The molecule has 0 saturated heterocycles. The van der Waals surface area contributed by atoms with Crippen LogP contribution in [0.25, 0.3) is 0 Å². The highest BCUT2D eigenvalue weighted by molar-refractivity contribution is 5.65. The molecule has 0 spiro atoms. The van der Waals surface area contributed by atoms with E-state index in [1.54, 1.807) is 0 Å². The standard InChI is InChI=1S/C13H16F3N3O2/c1-12(6-2-3-9(12)18-11(20)21)19-10-5-4-8(7-17-10)13(14,15)16/h4-5,7,9,18H,2-3,6H2,1H3,(H,17,19)(H,20,21). The van der Waals surface area contributed by atoms with Crippen LogP contribution >= 0.6 is 0 Å². The minimum atomic E-state index is -4.42. The van der Waals surface area contributed by atoms with Gasteiger partial charge in [-0.05, 0) is 38.3 Å². The van der Waals surface area contributed by atoms with Crippen LogP contribution in [-0.4, -0.2) is 27.8 Å². The molecule has 1 fully saturated rings. The Hall–Kier alpha value is -1.99. The van der Waals surface area contributed by atoms with Crippen LogP contribution in [0.15, 0.2) is 18.3 Å². The summed E-state index contributed by atoms with van der Waals surface area (Å²) < 4.78 is 37.4. The second-order valence-electron chi connectivity index (χ2n) is 5.37. The molecule has 2 atom stereocenters. The molecule has 1 saturated carbocycles. The molecule has 116 valence electrons. The molecule has 0 bridgehead atoms. The Morgan fingerprint density at radius 1 is 1.48 bits per heavy atom. The van der Waals surface area contributed by atoms with Gasteiger partial charge in [-0.2, -0.15) is 13.2 Å². The first-order chi connectivity index (χ1) is 9.71. The Labute approximate surface area is 119 Å². The summed E-state index contributed by atoms with van der Waals surface area (Å²) in [6.07, 6.45) is -2.56. The SMILES string of the molecule is CC1(Nc2ccc(C(F)(F)F)cn2)CCCC1NC(=O)O. The quantitative estimate of drug-likeness (QED) is 0.802. The molecular weight excluding hydrogens is 287 g/mol. The van der Waals surface area contributed by atoms with Gasteiger partial charge in [0, 0.05) is 6.20 Å². The number of aromatic nitrogens is 1. The zero-order valence-electron chi connectivity index (χ0n) is 11.4. The largest absolute Gasteiger partial charge is 0.465 e. The van der Waals surface area contributed by atoms with E-state index in [1.807, 2.05) is 6.92 Å². The number of carboxylic acid groups (broad SMARTS) is 1. The van der Waals surface area contributed by atoms with Gasteiger partial charge in [0.2, 0.25) is 0 Å². The van der Waals surface area contributed by atoms with Crippen LogP contribution in [0.4, 0.5) is 23.8 Å². The molecule has 1 amide bonds. The van der Waals surface area contributed by atoms with Crippen LogP contribution < -0.4 is 10.6 Å². The number of hydrogen-bond donors (Lipinski definition) is 3. The van der Waals surface area contributed by atoms with Gasteiger partial charge in [-0.3, -0.25) is 0 Å². The summed E-state index contributed by atoms with van der Waals surface area (Å²) >= 11 is 0. The number of nitrogens with one attached hydrogen (secondary N) is 2. The molecule has 21 heavy (non-hydrogen) atoms. The third-order valence-corrected chi connectivity index (χ3v) is 3.76. The number of halogens is 3. The zero-order chi connectivity index (χ0) is 15.7. The molecular formula is C13H16F3N3O2. The van der Waals surface area contributed by atoms with Gasteiger partial charge in [0.05, 0.1) is 17.1 Å². The Balaban J connectivity index is 2.11. The van der Waals surface area contributed by atoms with E-state index in [4.69, 9.17) is 5.11 Å². The monoisotopic (exact) mass is 303 g/mol. The zero-order valence-corrected chi connectivity index (χ0v) is 11.4. The molecule has 5 nitrogen and oxygen atoms in total. The van der Waals surface area contributed by atoms with E-state index in [9.17, 15) is 18.0 Å². The van der Waals surface area contributed by atoms with Crippen molar-refractivity contribution < 1.29 is 23.1 Å². The Morgan fingerprint density at radius 2 is 2.19 bits per heavy atom. The first-order valence-electron chi connectivity index (χ1n) is 6.51. The summed E-state index contributed by atoms with van der Waals surface area (Å²) in [5.74, 6) is 0.296. The van der Waals surface area contributed by atoms with E-state index < -0.39 is 23.4 Å². The molecule has 1 aromatic heterocycles. The van der Waals surface area contributed by atoms with Crippen molar-refractivity contribution in [3.8, 4) is 0 Å². The topological polar surface area (TPSA) is 74.2 Å². The Morgan fingerprint density at radius 3 is 2.71 bits per heavy atom. The minimum absolute atomic E-state index is 0.296. The first-order valence-corrected chi connectivity index (χ1v) is 6.51. The van der Waals surface area contributed by atoms with Crippen molar-refractivity contribution >= 4 is 11.9 Å². The highest BCUT2D eigenvalue weighted by Crippen LogP contribution is 2.34. The molecule has 1 aliphatic rings. The number of amides is 1. The average Bonchev–Trinajstić information content (AvgIpc) is 2.69. The van der Waals surface area contributed by atoms with Crippen LogP contribution in [0.1, 0.15) is 31.7 Å². The highest BCUT2D eigenvalue weighted by atomic mass is 19.4. The van der Waals surface area contributed by atoms with Gasteiger partial charge in [-0.25, -0.2) is 9.78 Å². The number of anilines is 1. The predicted octanol–water partition coefficient (Wildman–Crippen LogP) is 3.09. The summed E-state index contributed by atoms with van der Waals surface area (Å²) in [7, 11) is 0. The van der Waals surface area contributed by atoms with Crippen molar-refractivity contribution in [2.24, 2.45) is 0 Å². The van der Waals surface area contributed by atoms with E-state index in [1.165, 1.54) is 6.07 Å². The van der Waals surface area contributed by atoms with E-state index in [2.05, 4.69) is 15.6 Å². The molecule has 2 unspecified atom stereocenters. The first kappa shape index (κ1) is 15.4. The third-order valence-electron chi connectivity index (χ3n) is 3.76. The fraction of sp³-hybridized carbons (Fsp3) is 0.538. The smallest absolute Gasteiger partial charge is 0.417 e. The maximum atomic E-state index is 12.5. The van der Waals surface area contributed by atoms with Gasteiger partial charge < -0.3 is 15.7 Å². The van der Waals surface area contributed by atoms with Crippen LogP contribution in [0.2, 0.25) is 0 Å². The van der Waals surface area contributed by atoms with Crippen LogP contribution in [0, 0.1) is 0 Å². The van der Waals surface area contributed by atoms with E-state index in [0.29, 0.717) is 18.7 Å². The molecule has 3 N–H and O–H groups in total. The van der Waals surface area contributed by atoms with Crippen molar-refractivity contribution in [1.82, 2.24) is 10.3 Å². The van der Waals surface area contributed by atoms with Gasteiger partial charge in [0.25, 0.3) is 0 Å². The van der Waals surface area contributed by atoms with Crippen LogP contribution in [0.5, 0.6) is 0 Å². The van der Waals surface area contributed by atoms with Crippen molar-refractivity contribution in [3.63, 3.8) is 0 Å². The molecule has 1 aliphatic carbocycles. The van der Waals surface area contributed by atoms with E-state index in [0.717, 1.165) is 18.7 Å². The molecule has 1 aromatic rings. The lowest BCUT2D eigenvalue weighted by Crippen LogP contribution is -2.51. The predicted molar refractivity (Wildman–Crippen MR) is 70.1 cm³/mol. The number of carbonyl (C=O) groups is 1. The Kier molecular flexibility index (Phi) is 3.97. The summed E-state index contributed by atoms with van der Waals surface area (Å²) in [5, 5.41) is 14.3. The van der Waals surface area contributed by atoms with Crippen molar-refractivity contribution in [3.05, 3.63) is 23.9 Å². The number of hydrogen-bond acceptors (Lipinski definition) is 3. The lowest BCUT2D eigenvalue weighted by Gasteiger charge is -2.33. The molecule has 0 radical (unpaired) electrons.